The van der Waals surface area contributed by atoms with Gasteiger partial charge in [-0.3, -0.25) is 4.79 Å². The van der Waals surface area contributed by atoms with Gasteiger partial charge in [-0.05, 0) is 32.9 Å². The summed E-state index contributed by atoms with van der Waals surface area (Å²) in [4.78, 5) is 23.9. The summed E-state index contributed by atoms with van der Waals surface area (Å²) in [6, 6.07) is -0.743. The van der Waals surface area contributed by atoms with Gasteiger partial charge in [0.1, 0.15) is 6.04 Å². The molecule has 2 N–H and O–H groups in total. The number of hydrogen-bond donors (Lipinski definition) is 2. The van der Waals surface area contributed by atoms with Gasteiger partial charge in [-0.25, -0.2) is 4.79 Å². The Morgan fingerprint density at radius 2 is 1.93 bits per heavy atom. The molecule has 1 aliphatic heterocycles. The van der Waals surface area contributed by atoms with Crippen molar-refractivity contribution in [2.24, 2.45) is 5.92 Å². The second-order valence-electron chi connectivity index (χ2n) is 3.99. The molecule has 0 bridgehead atoms. The zero-order chi connectivity index (χ0) is 11.4. The van der Waals surface area contributed by atoms with Crippen molar-refractivity contribution < 1.29 is 14.7 Å². The molecule has 1 fully saturated rings. The Labute approximate surface area is 89.4 Å². The lowest BCUT2D eigenvalue weighted by atomic mass is 9.96. The molecule has 1 heterocycles. The summed E-state index contributed by atoms with van der Waals surface area (Å²) < 4.78 is 0. The van der Waals surface area contributed by atoms with E-state index in [0.717, 1.165) is 25.9 Å². The predicted molar refractivity (Wildman–Crippen MR) is 55.5 cm³/mol. The van der Waals surface area contributed by atoms with E-state index in [4.69, 9.17) is 5.11 Å². The molecule has 0 aliphatic carbocycles. The van der Waals surface area contributed by atoms with Gasteiger partial charge in [0.05, 0.1) is 0 Å². The molecule has 5 nitrogen and oxygen atoms in total. The van der Waals surface area contributed by atoms with Gasteiger partial charge < -0.3 is 15.3 Å². The standard InChI is InChI=1S/C10H18N2O3/c1-7(10(14)15)12(2)9(13)8-3-5-11-6-4-8/h7-8,11H,3-6H2,1-2H3,(H,14,15). The molecular formula is C10H18N2O3. The highest BCUT2D eigenvalue weighted by Crippen LogP contribution is 2.15. The fourth-order valence-corrected chi connectivity index (χ4v) is 1.71. The average molecular weight is 214 g/mol. The van der Waals surface area contributed by atoms with E-state index in [1.165, 1.54) is 11.8 Å². The van der Waals surface area contributed by atoms with Crippen LogP contribution in [0.2, 0.25) is 0 Å². The molecule has 1 aliphatic rings. The first kappa shape index (κ1) is 12.0. The summed E-state index contributed by atoms with van der Waals surface area (Å²) in [6.07, 6.45) is 1.60. The van der Waals surface area contributed by atoms with E-state index in [-0.39, 0.29) is 11.8 Å². The number of carbonyl (C=O) groups excluding carboxylic acids is 1. The molecule has 1 saturated heterocycles. The number of piperidine rings is 1. The van der Waals surface area contributed by atoms with Crippen molar-refractivity contribution in [3.05, 3.63) is 0 Å². The highest BCUT2D eigenvalue weighted by atomic mass is 16.4. The minimum Gasteiger partial charge on any atom is -0.480 e. The van der Waals surface area contributed by atoms with Gasteiger partial charge in [-0.15, -0.1) is 0 Å². The number of aliphatic carboxylic acids is 1. The number of likely N-dealkylation sites (N-methyl/N-ethyl adjacent to an activating group) is 1. The lowest BCUT2D eigenvalue weighted by molar-refractivity contribution is -0.150. The summed E-state index contributed by atoms with van der Waals surface area (Å²) in [5.74, 6) is -1.02. The fraction of sp³-hybridized carbons (Fsp3) is 0.800. The minimum absolute atomic E-state index is 0.0157. The summed E-state index contributed by atoms with van der Waals surface area (Å²) >= 11 is 0. The molecule has 5 heteroatoms. The molecule has 1 amide bonds. The van der Waals surface area contributed by atoms with Gasteiger partial charge >= 0.3 is 5.97 Å². The van der Waals surface area contributed by atoms with E-state index in [2.05, 4.69) is 5.32 Å². The van der Waals surface area contributed by atoms with Gasteiger partial charge in [0.2, 0.25) is 5.91 Å². The summed E-state index contributed by atoms with van der Waals surface area (Å²) in [6.45, 7) is 3.21. The third-order valence-electron chi connectivity index (χ3n) is 2.97. The zero-order valence-corrected chi connectivity index (χ0v) is 9.19. The van der Waals surface area contributed by atoms with E-state index in [1.54, 1.807) is 7.05 Å². The lowest BCUT2D eigenvalue weighted by Crippen LogP contribution is -2.45. The Morgan fingerprint density at radius 3 is 2.40 bits per heavy atom. The zero-order valence-electron chi connectivity index (χ0n) is 9.19. The van der Waals surface area contributed by atoms with Crippen LogP contribution < -0.4 is 5.32 Å². The molecule has 1 rings (SSSR count). The molecule has 86 valence electrons. The SMILES string of the molecule is CC(C(=O)O)N(C)C(=O)C1CCNCC1. The Hall–Kier alpha value is -1.10. The van der Waals surface area contributed by atoms with Crippen LogP contribution in [-0.4, -0.2) is 48.1 Å². The maximum absolute atomic E-state index is 11.9. The van der Waals surface area contributed by atoms with Crippen molar-refractivity contribution in [2.75, 3.05) is 20.1 Å². The van der Waals surface area contributed by atoms with Crippen LogP contribution in [0.4, 0.5) is 0 Å². The molecule has 1 atom stereocenters. The molecule has 0 saturated carbocycles. The smallest absolute Gasteiger partial charge is 0.326 e. The highest BCUT2D eigenvalue weighted by molar-refractivity contribution is 5.84. The van der Waals surface area contributed by atoms with Crippen LogP contribution in [0.1, 0.15) is 19.8 Å². The maximum Gasteiger partial charge on any atom is 0.326 e. The number of amides is 1. The van der Waals surface area contributed by atoms with Crippen molar-refractivity contribution in [3.8, 4) is 0 Å². The van der Waals surface area contributed by atoms with Crippen molar-refractivity contribution in [3.63, 3.8) is 0 Å². The topological polar surface area (TPSA) is 69.6 Å². The highest BCUT2D eigenvalue weighted by Gasteiger charge is 2.28. The summed E-state index contributed by atoms with van der Waals surface area (Å²) in [7, 11) is 1.56. The van der Waals surface area contributed by atoms with Crippen molar-refractivity contribution >= 4 is 11.9 Å². The molecule has 0 aromatic rings. The Bertz CT molecular complexity index is 249. The van der Waals surface area contributed by atoms with Crippen LogP contribution in [0.3, 0.4) is 0 Å². The van der Waals surface area contributed by atoms with Crippen LogP contribution in [0.5, 0.6) is 0 Å². The van der Waals surface area contributed by atoms with Crippen molar-refractivity contribution in [2.45, 2.75) is 25.8 Å². The lowest BCUT2D eigenvalue weighted by Gasteiger charge is -2.29. The Morgan fingerprint density at radius 1 is 1.40 bits per heavy atom. The average Bonchev–Trinajstić information content (AvgIpc) is 2.27. The monoisotopic (exact) mass is 214 g/mol. The van der Waals surface area contributed by atoms with Crippen LogP contribution in [0.25, 0.3) is 0 Å². The molecular weight excluding hydrogens is 196 g/mol. The van der Waals surface area contributed by atoms with Gasteiger partial charge in [-0.2, -0.15) is 0 Å². The summed E-state index contributed by atoms with van der Waals surface area (Å²) in [5, 5.41) is 12.0. The maximum atomic E-state index is 11.9. The van der Waals surface area contributed by atoms with Gasteiger partial charge in [0.25, 0.3) is 0 Å². The second-order valence-corrected chi connectivity index (χ2v) is 3.99. The van der Waals surface area contributed by atoms with E-state index in [1.807, 2.05) is 0 Å². The predicted octanol–water partition coefficient (Wildman–Crippen LogP) is -0.0825. The first-order valence-corrected chi connectivity index (χ1v) is 5.24. The number of carbonyl (C=O) groups is 2. The number of rotatable bonds is 3. The molecule has 0 radical (unpaired) electrons. The number of carboxylic acids is 1. The Balaban J connectivity index is 2.54. The second kappa shape index (κ2) is 5.11. The van der Waals surface area contributed by atoms with E-state index < -0.39 is 12.0 Å². The molecule has 1 unspecified atom stereocenters. The van der Waals surface area contributed by atoms with Gasteiger partial charge in [-0.1, -0.05) is 0 Å². The fourth-order valence-electron chi connectivity index (χ4n) is 1.71. The van der Waals surface area contributed by atoms with Gasteiger partial charge in [0.15, 0.2) is 0 Å². The van der Waals surface area contributed by atoms with Crippen molar-refractivity contribution in [1.29, 1.82) is 0 Å². The summed E-state index contributed by atoms with van der Waals surface area (Å²) in [5.41, 5.74) is 0. The number of carboxylic acid groups (broad SMARTS) is 1. The third-order valence-corrected chi connectivity index (χ3v) is 2.97. The third kappa shape index (κ3) is 2.92. The number of nitrogens with zero attached hydrogens (tertiary/aromatic N) is 1. The largest absolute Gasteiger partial charge is 0.480 e. The number of nitrogens with one attached hydrogen (secondary N) is 1. The quantitative estimate of drug-likeness (QED) is 0.689. The first-order chi connectivity index (χ1) is 7.04. The van der Waals surface area contributed by atoms with Crippen LogP contribution >= 0.6 is 0 Å². The van der Waals surface area contributed by atoms with E-state index in [9.17, 15) is 9.59 Å². The minimum atomic E-state index is -0.959. The van der Waals surface area contributed by atoms with Crippen molar-refractivity contribution in [1.82, 2.24) is 10.2 Å². The van der Waals surface area contributed by atoms with E-state index in [0.29, 0.717) is 0 Å². The van der Waals surface area contributed by atoms with Crippen LogP contribution in [0.15, 0.2) is 0 Å². The van der Waals surface area contributed by atoms with E-state index >= 15 is 0 Å². The molecule has 0 aromatic heterocycles. The molecule has 0 aromatic carbocycles. The van der Waals surface area contributed by atoms with Crippen LogP contribution in [0, 0.1) is 5.92 Å². The molecule has 15 heavy (non-hydrogen) atoms. The first-order valence-electron chi connectivity index (χ1n) is 5.24. The normalized spacial score (nSPS) is 19.6. The van der Waals surface area contributed by atoms with Gasteiger partial charge in [0, 0.05) is 13.0 Å². The Kier molecular flexibility index (Phi) is 4.08. The number of hydrogen-bond acceptors (Lipinski definition) is 3. The van der Waals surface area contributed by atoms with Crippen LogP contribution in [-0.2, 0) is 9.59 Å². The molecule has 0 spiro atoms.